The summed E-state index contributed by atoms with van der Waals surface area (Å²) in [7, 11) is 1.56. The van der Waals surface area contributed by atoms with Gasteiger partial charge in [0.2, 0.25) is 0 Å². The van der Waals surface area contributed by atoms with Gasteiger partial charge in [-0.1, -0.05) is 13.8 Å². The summed E-state index contributed by atoms with van der Waals surface area (Å²) >= 11 is 3.45. The lowest BCUT2D eigenvalue weighted by Crippen LogP contribution is -2.14. The Bertz CT molecular complexity index is 493. The van der Waals surface area contributed by atoms with Gasteiger partial charge in [-0.15, -0.1) is 0 Å². The predicted octanol–water partition coefficient (Wildman–Crippen LogP) is 4.12. The highest BCUT2D eigenvalue weighted by Crippen LogP contribution is 2.38. The van der Waals surface area contributed by atoms with Crippen LogP contribution in [0.4, 0.5) is 0 Å². The number of halogens is 1. The molecule has 4 nitrogen and oxygen atoms in total. The second-order valence-electron chi connectivity index (χ2n) is 4.26. The van der Waals surface area contributed by atoms with E-state index in [2.05, 4.69) is 29.8 Å². The summed E-state index contributed by atoms with van der Waals surface area (Å²) < 4.78 is 12.0. The minimum atomic E-state index is -0.988. The number of carboxylic acids is 1. The van der Waals surface area contributed by atoms with Gasteiger partial charge in [-0.25, -0.2) is 4.79 Å². The Balaban J connectivity index is 3.10. The number of benzene rings is 1. The molecular formula is C15H19BrO4. The highest BCUT2D eigenvalue weighted by molar-refractivity contribution is 9.10. The zero-order chi connectivity index (χ0) is 15.1. The van der Waals surface area contributed by atoms with Gasteiger partial charge in [-0.3, -0.25) is 0 Å². The van der Waals surface area contributed by atoms with Gasteiger partial charge in [0.05, 0.1) is 17.7 Å². The van der Waals surface area contributed by atoms with E-state index in [1.54, 1.807) is 19.2 Å². The monoisotopic (exact) mass is 342 g/mol. The number of methoxy groups -OCH3 is 1. The normalized spacial score (nSPS) is 11.1. The highest BCUT2D eigenvalue weighted by Gasteiger charge is 2.14. The largest absolute Gasteiger partial charge is 0.493 e. The lowest BCUT2D eigenvalue weighted by atomic mass is 10.1. The molecule has 0 atom stereocenters. The van der Waals surface area contributed by atoms with Gasteiger partial charge < -0.3 is 14.6 Å². The molecule has 5 heteroatoms. The van der Waals surface area contributed by atoms with Crippen molar-refractivity contribution < 1.29 is 19.4 Å². The number of hydrogen-bond acceptors (Lipinski definition) is 3. The van der Waals surface area contributed by atoms with Crippen molar-refractivity contribution in [3.05, 3.63) is 28.2 Å². The predicted molar refractivity (Wildman–Crippen MR) is 82.4 cm³/mol. The van der Waals surface area contributed by atoms with Gasteiger partial charge in [-0.05, 0) is 52.5 Å². The molecule has 1 aromatic rings. The van der Waals surface area contributed by atoms with E-state index in [-0.39, 0.29) is 6.10 Å². The average Bonchev–Trinajstić information content (AvgIpc) is 2.43. The maximum absolute atomic E-state index is 10.5. The van der Waals surface area contributed by atoms with Crippen molar-refractivity contribution in [2.24, 2.45) is 0 Å². The first-order chi connectivity index (χ1) is 9.51. The molecular weight excluding hydrogens is 324 g/mol. The van der Waals surface area contributed by atoms with E-state index in [0.29, 0.717) is 11.5 Å². The molecule has 0 heterocycles. The van der Waals surface area contributed by atoms with E-state index in [0.717, 1.165) is 29.0 Å². The summed E-state index contributed by atoms with van der Waals surface area (Å²) in [6.07, 6.45) is 4.54. The van der Waals surface area contributed by atoms with Crippen LogP contribution in [0.25, 0.3) is 6.08 Å². The molecule has 0 amide bonds. The molecule has 0 saturated heterocycles. The van der Waals surface area contributed by atoms with Gasteiger partial charge in [0, 0.05) is 6.08 Å². The van der Waals surface area contributed by atoms with Gasteiger partial charge in [-0.2, -0.15) is 0 Å². The fraction of sp³-hybridized carbons (Fsp3) is 0.400. The van der Waals surface area contributed by atoms with Crippen molar-refractivity contribution in [3.8, 4) is 11.5 Å². The Kier molecular flexibility index (Phi) is 6.58. The lowest BCUT2D eigenvalue weighted by Gasteiger charge is -2.19. The van der Waals surface area contributed by atoms with Crippen LogP contribution in [0.1, 0.15) is 32.3 Å². The Labute approximate surface area is 127 Å². The molecule has 0 bridgehead atoms. The van der Waals surface area contributed by atoms with Crippen molar-refractivity contribution in [3.63, 3.8) is 0 Å². The first-order valence-electron chi connectivity index (χ1n) is 6.47. The molecule has 0 aliphatic carbocycles. The Morgan fingerprint density at radius 3 is 2.55 bits per heavy atom. The third-order valence-electron chi connectivity index (χ3n) is 2.87. The standard InChI is InChI=1S/C15H19BrO4/c1-4-11(5-2)20-15-12(16)8-10(6-7-14(17)18)9-13(15)19-3/h6-9,11H,4-5H2,1-3H3,(H,17,18)/b7-6+. The van der Waals surface area contributed by atoms with Crippen LogP contribution in [-0.2, 0) is 4.79 Å². The van der Waals surface area contributed by atoms with E-state index in [4.69, 9.17) is 14.6 Å². The maximum atomic E-state index is 10.5. The van der Waals surface area contributed by atoms with Crippen LogP contribution < -0.4 is 9.47 Å². The number of ether oxygens (including phenoxy) is 2. The van der Waals surface area contributed by atoms with E-state index < -0.39 is 5.97 Å². The Morgan fingerprint density at radius 1 is 1.40 bits per heavy atom. The van der Waals surface area contributed by atoms with Crippen molar-refractivity contribution >= 4 is 28.0 Å². The Morgan fingerprint density at radius 2 is 2.05 bits per heavy atom. The van der Waals surface area contributed by atoms with Crippen molar-refractivity contribution in [2.45, 2.75) is 32.8 Å². The van der Waals surface area contributed by atoms with E-state index in [1.165, 1.54) is 6.08 Å². The molecule has 0 aliphatic rings. The van der Waals surface area contributed by atoms with Crippen LogP contribution in [0, 0.1) is 0 Å². The SMILES string of the molecule is CCC(CC)Oc1c(Br)cc(/C=C/C(=O)O)cc1OC. The number of rotatable bonds is 7. The molecule has 0 spiro atoms. The quantitative estimate of drug-likeness (QED) is 0.757. The first-order valence-corrected chi connectivity index (χ1v) is 7.26. The number of aliphatic carboxylic acids is 1. The number of carboxylic acid groups (broad SMARTS) is 1. The van der Waals surface area contributed by atoms with Crippen molar-refractivity contribution in [1.29, 1.82) is 0 Å². The molecule has 1 N–H and O–H groups in total. The summed E-state index contributed by atoms with van der Waals surface area (Å²) in [6.45, 7) is 4.14. The average molecular weight is 343 g/mol. The second-order valence-corrected chi connectivity index (χ2v) is 5.12. The van der Waals surface area contributed by atoms with Gasteiger partial charge >= 0.3 is 5.97 Å². The van der Waals surface area contributed by atoms with E-state index in [9.17, 15) is 4.79 Å². The Hall–Kier alpha value is -1.49. The third kappa shape index (κ3) is 4.56. The van der Waals surface area contributed by atoms with E-state index >= 15 is 0 Å². The minimum Gasteiger partial charge on any atom is -0.493 e. The first kappa shape index (κ1) is 16.6. The third-order valence-corrected chi connectivity index (χ3v) is 3.45. The minimum absolute atomic E-state index is 0.126. The topological polar surface area (TPSA) is 55.8 Å². The summed E-state index contributed by atoms with van der Waals surface area (Å²) in [5, 5.41) is 8.65. The summed E-state index contributed by atoms with van der Waals surface area (Å²) in [6, 6.07) is 3.56. The molecule has 20 heavy (non-hydrogen) atoms. The summed E-state index contributed by atoms with van der Waals surface area (Å²) in [5.41, 5.74) is 0.730. The molecule has 0 radical (unpaired) electrons. The summed E-state index contributed by atoms with van der Waals surface area (Å²) in [4.78, 5) is 10.5. The van der Waals surface area contributed by atoms with Crippen LogP contribution in [0.2, 0.25) is 0 Å². The fourth-order valence-electron chi connectivity index (χ4n) is 1.74. The molecule has 1 rings (SSSR count). The van der Waals surface area contributed by atoms with Crippen LogP contribution in [0.3, 0.4) is 0 Å². The maximum Gasteiger partial charge on any atom is 0.328 e. The zero-order valence-electron chi connectivity index (χ0n) is 11.9. The van der Waals surface area contributed by atoms with Gasteiger partial charge in [0.25, 0.3) is 0 Å². The van der Waals surface area contributed by atoms with Crippen LogP contribution >= 0.6 is 15.9 Å². The van der Waals surface area contributed by atoms with Crippen LogP contribution in [0.15, 0.2) is 22.7 Å². The van der Waals surface area contributed by atoms with Crippen LogP contribution in [0.5, 0.6) is 11.5 Å². The molecule has 110 valence electrons. The molecule has 1 aromatic carbocycles. The van der Waals surface area contributed by atoms with Crippen molar-refractivity contribution in [2.75, 3.05) is 7.11 Å². The molecule has 0 aromatic heterocycles. The lowest BCUT2D eigenvalue weighted by molar-refractivity contribution is -0.131. The molecule has 0 aliphatic heterocycles. The smallest absolute Gasteiger partial charge is 0.328 e. The zero-order valence-corrected chi connectivity index (χ0v) is 13.4. The molecule has 0 fully saturated rings. The van der Waals surface area contributed by atoms with E-state index in [1.807, 2.05) is 0 Å². The van der Waals surface area contributed by atoms with Gasteiger partial charge in [0.15, 0.2) is 11.5 Å². The highest BCUT2D eigenvalue weighted by atomic mass is 79.9. The summed E-state index contributed by atoms with van der Waals surface area (Å²) in [5.74, 6) is 0.238. The van der Waals surface area contributed by atoms with Gasteiger partial charge in [0.1, 0.15) is 0 Å². The molecule has 0 unspecified atom stereocenters. The number of carbonyl (C=O) groups is 1. The molecule has 0 saturated carbocycles. The second kappa shape index (κ2) is 7.94. The van der Waals surface area contributed by atoms with Crippen molar-refractivity contribution in [1.82, 2.24) is 0 Å². The van der Waals surface area contributed by atoms with Crippen LogP contribution in [-0.4, -0.2) is 24.3 Å². The fourth-order valence-corrected chi connectivity index (χ4v) is 2.29. The number of hydrogen-bond donors (Lipinski definition) is 1.